The van der Waals surface area contributed by atoms with Crippen molar-refractivity contribution in [1.29, 1.82) is 0 Å². The Bertz CT molecular complexity index is 569. The summed E-state index contributed by atoms with van der Waals surface area (Å²) in [6.07, 6.45) is 0. The molecule has 0 aliphatic carbocycles. The highest BCUT2D eigenvalue weighted by Gasteiger charge is 2.47. The van der Waals surface area contributed by atoms with Crippen LogP contribution < -0.4 is 5.32 Å². The third kappa shape index (κ3) is 2.98. The first-order valence-electron chi connectivity index (χ1n) is 7.11. The fourth-order valence-corrected chi connectivity index (χ4v) is 2.88. The van der Waals surface area contributed by atoms with Crippen LogP contribution in [-0.4, -0.2) is 28.3 Å². The normalized spacial score (nSPS) is 21.6. The van der Waals surface area contributed by atoms with Gasteiger partial charge in [-0.1, -0.05) is 48.0 Å². The van der Waals surface area contributed by atoms with Crippen LogP contribution in [0.5, 0.6) is 0 Å². The highest BCUT2D eigenvalue weighted by molar-refractivity contribution is 9.10. The van der Waals surface area contributed by atoms with E-state index in [-0.39, 0.29) is 17.7 Å². The Labute approximate surface area is 134 Å². The van der Waals surface area contributed by atoms with E-state index in [1.165, 1.54) is 0 Å². The Balaban J connectivity index is 2.35. The zero-order chi connectivity index (χ0) is 15.8. The largest absolute Gasteiger partial charge is 0.342 e. The lowest BCUT2D eigenvalue weighted by Gasteiger charge is -2.45. The molecule has 1 aliphatic rings. The molecule has 1 fully saturated rings. The maximum absolute atomic E-state index is 12.7. The van der Waals surface area contributed by atoms with Gasteiger partial charge in [-0.25, -0.2) is 0 Å². The average molecular weight is 353 g/mol. The lowest BCUT2D eigenvalue weighted by Crippen LogP contribution is -2.69. The third-order valence-electron chi connectivity index (χ3n) is 4.00. The fraction of sp³-hybridized carbons (Fsp3) is 0.500. The second-order valence-electron chi connectivity index (χ2n) is 6.27. The molecule has 5 heteroatoms. The number of halogens is 1. The number of hydrogen-bond acceptors (Lipinski definition) is 2. The van der Waals surface area contributed by atoms with Crippen LogP contribution in [0.3, 0.4) is 0 Å². The number of amides is 2. The van der Waals surface area contributed by atoms with Crippen LogP contribution in [0.4, 0.5) is 0 Å². The van der Waals surface area contributed by atoms with Gasteiger partial charge in [0.2, 0.25) is 11.8 Å². The number of hydrogen-bond donors (Lipinski definition) is 1. The van der Waals surface area contributed by atoms with Crippen molar-refractivity contribution in [3.63, 3.8) is 0 Å². The summed E-state index contributed by atoms with van der Waals surface area (Å²) in [5, 5.41) is 2.84. The van der Waals surface area contributed by atoms with Crippen molar-refractivity contribution in [3.05, 3.63) is 34.3 Å². The Kier molecular flexibility index (Phi) is 4.42. The number of rotatable bonds is 3. The van der Waals surface area contributed by atoms with Gasteiger partial charge in [0.25, 0.3) is 0 Å². The molecule has 1 atom stereocenters. The summed E-state index contributed by atoms with van der Waals surface area (Å²) in [5.74, 6) is -0.0579. The van der Waals surface area contributed by atoms with Crippen molar-refractivity contribution in [2.45, 2.75) is 45.8 Å². The summed E-state index contributed by atoms with van der Waals surface area (Å²) in [7, 11) is 0. The van der Waals surface area contributed by atoms with Gasteiger partial charge in [0.1, 0.15) is 11.6 Å². The van der Waals surface area contributed by atoms with E-state index in [1.54, 1.807) is 18.7 Å². The predicted molar refractivity (Wildman–Crippen MR) is 85.5 cm³/mol. The van der Waals surface area contributed by atoms with Crippen molar-refractivity contribution < 1.29 is 9.59 Å². The molecule has 114 valence electrons. The highest BCUT2D eigenvalue weighted by atomic mass is 79.9. The molecule has 1 aromatic rings. The molecule has 4 nitrogen and oxygen atoms in total. The van der Waals surface area contributed by atoms with Gasteiger partial charge < -0.3 is 10.2 Å². The van der Waals surface area contributed by atoms with E-state index in [0.29, 0.717) is 6.54 Å². The first kappa shape index (κ1) is 16.0. The molecular weight excluding hydrogens is 332 g/mol. The molecule has 0 saturated carbocycles. The van der Waals surface area contributed by atoms with Crippen molar-refractivity contribution in [2.24, 2.45) is 5.92 Å². The standard InChI is InChI=1S/C16H21BrN2O2/c1-10(2)13-14(20)19(16(3,4)15(21)18-13)9-11-7-5-6-8-12(11)17/h5-8,10,13H,9H2,1-4H3,(H,18,21). The molecule has 0 spiro atoms. The second kappa shape index (κ2) is 5.79. The zero-order valence-corrected chi connectivity index (χ0v) is 14.4. The molecule has 0 radical (unpaired) electrons. The monoisotopic (exact) mass is 352 g/mol. The molecule has 1 heterocycles. The van der Waals surface area contributed by atoms with Crippen LogP contribution in [0.2, 0.25) is 0 Å². The molecule has 0 aromatic heterocycles. The smallest absolute Gasteiger partial charge is 0.246 e. The molecule has 2 amide bonds. The van der Waals surface area contributed by atoms with E-state index < -0.39 is 11.6 Å². The van der Waals surface area contributed by atoms with Crippen LogP contribution in [0.15, 0.2) is 28.7 Å². The van der Waals surface area contributed by atoms with E-state index in [2.05, 4.69) is 21.2 Å². The maximum atomic E-state index is 12.7. The summed E-state index contributed by atoms with van der Waals surface area (Å²) in [4.78, 5) is 26.8. The van der Waals surface area contributed by atoms with Gasteiger partial charge in [-0.2, -0.15) is 0 Å². The van der Waals surface area contributed by atoms with Gasteiger partial charge in [0.05, 0.1) is 0 Å². The van der Waals surface area contributed by atoms with Crippen LogP contribution in [-0.2, 0) is 16.1 Å². The molecule has 1 aliphatic heterocycles. The van der Waals surface area contributed by atoms with E-state index >= 15 is 0 Å². The molecule has 21 heavy (non-hydrogen) atoms. The average Bonchev–Trinajstić information content (AvgIpc) is 2.40. The summed E-state index contributed by atoms with van der Waals surface area (Å²) in [5.41, 5.74) is 0.147. The first-order valence-corrected chi connectivity index (χ1v) is 7.90. The summed E-state index contributed by atoms with van der Waals surface area (Å²) < 4.78 is 0.945. The van der Waals surface area contributed by atoms with Crippen molar-refractivity contribution >= 4 is 27.7 Å². The van der Waals surface area contributed by atoms with Gasteiger partial charge >= 0.3 is 0 Å². The van der Waals surface area contributed by atoms with E-state index in [4.69, 9.17) is 0 Å². The highest BCUT2D eigenvalue weighted by Crippen LogP contribution is 2.28. The molecule has 1 N–H and O–H groups in total. The maximum Gasteiger partial charge on any atom is 0.246 e. The van der Waals surface area contributed by atoms with Gasteiger partial charge in [0, 0.05) is 11.0 Å². The molecule has 1 unspecified atom stereocenters. The number of piperazine rings is 1. The summed E-state index contributed by atoms with van der Waals surface area (Å²) in [6, 6.07) is 7.32. The molecule has 1 aromatic carbocycles. The Morgan fingerprint density at radius 3 is 2.48 bits per heavy atom. The Morgan fingerprint density at radius 1 is 1.29 bits per heavy atom. The fourth-order valence-electron chi connectivity index (χ4n) is 2.47. The third-order valence-corrected chi connectivity index (χ3v) is 4.78. The van der Waals surface area contributed by atoms with E-state index in [0.717, 1.165) is 10.0 Å². The van der Waals surface area contributed by atoms with Crippen LogP contribution in [0.1, 0.15) is 33.3 Å². The molecule has 0 bridgehead atoms. The quantitative estimate of drug-likeness (QED) is 0.908. The van der Waals surface area contributed by atoms with Crippen molar-refractivity contribution in [2.75, 3.05) is 0 Å². The van der Waals surface area contributed by atoms with Crippen molar-refractivity contribution in [3.8, 4) is 0 Å². The molecular formula is C16H21BrN2O2. The topological polar surface area (TPSA) is 49.4 Å². The summed E-state index contributed by atoms with van der Waals surface area (Å²) >= 11 is 3.50. The van der Waals surface area contributed by atoms with Crippen LogP contribution >= 0.6 is 15.9 Å². The lowest BCUT2D eigenvalue weighted by atomic mass is 9.91. The van der Waals surface area contributed by atoms with Crippen LogP contribution in [0, 0.1) is 5.92 Å². The molecule has 2 rings (SSSR count). The van der Waals surface area contributed by atoms with E-state index in [1.807, 2.05) is 38.1 Å². The number of carbonyl (C=O) groups is 2. The number of benzene rings is 1. The zero-order valence-electron chi connectivity index (χ0n) is 12.8. The predicted octanol–water partition coefficient (Wildman–Crippen LogP) is 2.71. The molecule has 1 saturated heterocycles. The summed E-state index contributed by atoms with van der Waals surface area (Å²) in [6.45, 7) is 7.88. The van der Waals surface area contributed by atoms with Crippen molar-refractivity contribution in [1.82, 2.24) is 10.2 Å². The Morgan fingerprint density at radius 2 is 1.90 bits per heavy atom. The number of carbonyl (C=O) groups excluding carboxylic acids is 2. The minimum Gasteiger partial charge on any atom is -0.342 e. The van der Waals surface area contributed by atoms with Gasteiger partial charge in [-0.3, -0.25) is 9.59 Å². The van der Waals surface area contributed by atoms with Crippen LogP contribution in [0.25, 0.3) is 0 Å². The van der Waals surface area contributed by atoms with Gasteiger partial charge in [-0.15, -0.1) is 0 Å². The minimum atomic E-state index is -0.849. The second-order valence-corrected chi connectivity index (χ2v) is 7.12. The van der Waals surface area contributed by atoms with E-state index in [9.17, 15) is 9.59 Å². The SMILES string of the molecule is CC(C)C1NC(=O)C(C)(C)N(Cc2ccccc2Br)C1=O. The lowest BCUT2D eigenvalue weighted by molar-refractivity contribution is -0.157. The van der Waals surface area contributed by atoms with Gasteiger partial charge in [0.15, 0.2) is 0 Å². The minimum absolute atomic E-state index is 0.0228. The number of nitrogens with zero attached hydrogens (tertiary/aromatic N) is 1. The first-order chi connectivity index (χ1) is 9.75. The number of nitrogens with one attached hydrogen (secondary N) is 1. The Hall–Kier alpha value is -1.36. The van der Waals surface area contributed by atoms with Gasteiger partial charge in [-0.05, 0) is 31.4 Å².